The van der Waals surface area contributed by atoms with Crippen LogP contribution in [0.1, 0.15) is 25.6 Å². The Morgan fingerprint density at radius 3 is 2.30 bits per heavy atom. The van der Waals surface area contributed by atoms with Gasteiger partial charge in [0.15, 0.2) is 0 Å². The van der Waals surface area contributed by atoms with Gasteiger partial charge in [-0.3, -0.25) is 0 Å². The summed E-state index contributed by atoms with van der Waals surface area (Å²) < 4.78 is 2.91. The minimum Gasteiger partial charge on any atom is -0.246 e. The summed E-state index contributed by atoms with van der Waals surface area (Å²) in [5.74, 6) is 0. The molecule has 0 radical (unpaired) electrons. The van der Waals surface area contributed by atoms with Crippen molar-refractivity contribution in [3.63, 3.8) is 0 Å². The van der Waals surface area contributed by atoms with Crippen molar-refractivity contribution in [2.45, 2.75) is 26.8 Å². The summed E-state index contributed by atoms with van der Waals surface area (Å²) in [6.07, 6.45) is 0. The number of nitrogens with zero attached hydrogens (tertiary/aromatic N) is 3. The zero-order valence-electron chi connectivity index (χ0n) is 6.30. The molecule has 0 amide bonds. The molecule has 0 aliphatic carbocycles. The quantitative estimate of drug-likeness (QED) is 0.712. The molecule has 4 heteroatoms. The van der Waals surface area contributed by atoms with Crippen LogP contribution in [0, 0.1) is 10.6 Å². The minimum absolute atomic E-state index is 0.413. The van der Waals surface area contributed by atoms with Crippen molar-refractivity contribution in [2.75, 3.05) is 0 Å². The molecule has 1 heterocycles. The molecule has 1 aromatic heterocycles. The molecule has 0 aliphatic rings. The zero-order chi connectivity index (χ0) is 7.72. The maximum atomic E-state index is 3.97. The van der Waals surface area contributed by atoms with Crippen LogP contribution in [0.2, 0.25) is 0 Å². The molecular weight excluding hydrogens is 241 g/mol. The van der Waals surface area contributed by atoms with Gasteiger partial charge in [0.1, 0.15) is 3.70 Å². The van der Waals surface area contributed by atoms with E-state index in [-0.39, 0.29) is 0 Å². The molecule has 1 rings (SSSR count). The highest BCUT2D eigenvalue weighted by molar-refractivity contribution is 14.1. The lowest BCUT2D eigenvalue weighted by Crippen LogP contribution is -2.04. The van der Waals surface area contributed by atoms with Crippen molar-refractivity contribution in [2.24, 2.45) is 0 Å². The molecule has 0 spiro atoms. The van der Waals surface area contributed by atoms with E-state index in [4.69, 9.17) is 0 Å². The normalized spacial score (nSPS) is 10.9. The van der Waals surface area contributed by atoms with Crippen LogP contribution in [0.25, 0.3) is 0 Å². The molecule has 3 nitrogen and oxygen atoms in total. The van der Waals surface area contributed by atoms with Gasteiger partial charge in [0.2, 0.25) is 0 Å². The molecular formula is C6H10IN3. The highest BCUT2D eigenvalue weighted by Crippen LogP contribution is 2.10. The minimum atomic E-state index is 0.413. The predicted molar refractivity (Wildman–Crippen MR) is 47.9 cm³/mol. The van der Waals surface area contributed by atoms with E-state index >= 15 is 0 Å². The van der Waals surface area contributed by atoms with Crippen LogP contribution in [-0.2, 0) is 0 Å². The molecule has 0 unspecified atom stereocenters. The van der Waals surface area contributed by atoms with Gasteiger partial charge in [-0.15, -0.1) is 5.10 Å². The van der Waals surface area contributed by atoms with Crippen LogP contribution in [-0.4, -0.2) is 15.0 Å². The Labute approximate surface area is 73.9 Å². The fourth-order valence-electron chi connectivity index (χ4n) is 0.812. The number of hydrogen-bond acceptors (Lipinski definition) is 2. The van der Waals surface area contributed by atoms with Gasteiger partial charge in [-0.05, 0) is 43.4 Å². The zero-order valence-corrected chi connectivity index (χ0v) is 8.45. The second-order valence-electron chi connectivity index (χ2n) is 2.50. The average molecular weight is 251 g/mol. The number of halogens is 1. The third kappa shape index (κ3) is 1.31. The Morgan fingerprint density at radius 1 is 1.50 bits per heavy atom. The third-order valence-corrected chi connectivity index (χ3v) is 2.36. The van der Waals surface area contributed by atoms with Gasteiger partial charge in [0.25, 0.3) is 0 Å². The number of hydrogen-bond donors (Lipinski definition) is 0. The smallest absolute Gasteiger partial charge is 0.146 e. The SMILES string of the molecule is Cc1c(I)nnn1C(C)C. The highest BCUT2D eigenvalue weighted by Gasteiger charge is 2.06. The van der Waals surface area contributed by atoms with E-state index in [1.165, 1.54) is 0 Å². The molecule has 0 aromatic carbocycles. The lowest BCUT2D eigenvalue weighted by molar-refractivity contribution is 0.502. The fraction of sp³-hybridized carbons (Fsp3) is 0.667. The maximum absolute atomic E-state index is 3.97. The standard InChI is InChI=1S/C6H10IN3/c1-4(2)10-5(3)6(7)8-9-10/h4H,1-3H3. The molecule has 0 atom stereocenters. The van der Waals surface area contributed by atoms with Crippen molar-refractivity contribution in [1.29, 1.82) is 0 Å². The molecule has 0 aliphatic heterocycles. The van der Waals surface area contributed by atoms with Crippen LogP contribution in [0.4, 0.5) is 0 Å². The Hall–Kier alpha value is -0.130. The van der Waals surface area contributed by atoms with E-state index in [0.29, 0.717) is 6.04 Å². The summed E-state index contributed by atoms with van der Waals surface area (Å²) in [6, 6.07) is 0.413. The van der Waals surface area contributed by atoms with E-state index in [0.717, 1.165) is 9.39 Å². The Balaban J connectivity index is 3.05. The molecule has 0 N–H and O–H groups in total. The van der Waals surface area contributed by atoms with Gasteiger partial charge in [-0.1, -0.05) is 5.21 Å². The van der Waals surface area contributed by atoms with Gasteiger partial charge in [-0.25, -0.2) is 4.68 Å². The van der Waals surface area contributed by atoms with Gasteiger partial charge < -0.3 is 0 Å². The van der Waals surface area contributed by atoms with Crippen molar-refractivity contribution >= 4 is 22.6 Å². The van der Waals surface area contributed by atoms with Crippen molar-refractivity contribution in [1.82, 2.24) is 15.0 Å². The maximum Gasteiger partial charge on any atom is 0.146 e. The van der Waals surface area contributed by atoms with E-state index in [2.05, 4.69) is 46.8 Å². The molecule has 1 aromatic rings. The van der Waals surface area contributed by atoms with Gasteiger partial charge >= 0.3 is 0 Å². The first-order chi connectivity index (χ1) is 4.63. The first kappa shape index (κ1) is 7.97. The summed E-state index contributed by atoms with van der Waals surface area (Å²) >= 11 is 2.18. The van der Waals surface area contributed by atoms with E-state index in [1.807, 2.05) is 11.6 Å². The third-order valence-electron chi connectivity index (χ3n) is 1.36. The monoisotopic (exact) mass is 251 g/mol. The first-order valence-corrected chi connectivity index (χ1v) is 4.28. The molecule has 56 valence electrons. The topological polar surface area (TPSA) is 30.7 Å². The molecule has 0 fully saturated rings. The summed E-state index contributed by atoms with van der Waals surface area (Å²) in [5.41, 5.74) is 1.15. The van der Waals surface area contributed by atoms with E-state index in [1.54, 1.807) is 0 Å². The highest BCUT2D eigenvalue weighted by atomic mass is 127. The summed E-state index contributed by atoms with van der Waals surface area (Å²) in [4.78, 5) is 0. The van der Waals surface area contributed by atoms with Gasteiger partial charge in [0, 0.05) is 6.04 Å². The number of rotatable bonds is 1. The van der Waals surface area contributed by atoms with Crippen LogP contribution >= 0.6 is 22.6 Å². The number of aromatic nitrogens is 3. The van der Waals surface area contributed by atoms with Crippen LogP contribution in [0.15, 0.2) is 0 Å². The Kier molecular flexibility index (Phi) is 2.28. The van der Waals surface area contributed by atoms with E-state index < -0.39 is 0 Å². The largest absolute Gasteiger partial charge is 0.246 e. The summed E-state index contributed by atoms with van der Waals surface area (Å²) in [5, 5.41) is 7.91. The van der Waals surface area contributed by atoms with Gasteiger partial charge in [0.05, 0.1) is 5.69 Å². The van der Waals surface area contributed by atoms with Gasteiger partial charge in [-0.2, -0.15) is 0 Å². The Morgan fingerprint density at radius 2 is 2.10 bits per heavy atom. The van der Waals surface area contributed by atoms with Crippen LogP contribution in [0.3, 0.4) is 0 Å². The van der Waals surface area contributed by atoms with Crippen molar-refractivity contribution in [3.05, 3.63) is 9.39 Å². The van der Waals surface area contributed by atoms with E-state index in [9.17, 15) is 0 Å². The Bertz CT molecular complexity index is 229. The molecule has 10 heavy (non-hydrogen) atoms. The molecule has 0 bridgehead atoms. The first-order valence-electron chi connectivity index (χ1n) is 3.20. The van der Waals surface area contributed by atoms with Crippen molar-refractivity contribution in [3.8, 4) is 0 Å². The summed E-state index contributed by atoms with van der Waals surface area (Å²) in [7, 11) is 0. The summed E-state index contributed by atoms with van der Waals surface area (Å²) in [6.45, 7) is 6.22. The average Bonchev–Trinajstić information content (AvgIpc) is 2.14. The second-order valence-corrected chi connectivity index (χ2v) is 3.53. The molecule has 0 saturated heterocycles. The van der Waals surface area contributed by atoms with Crippen LogP contribution in [0.5, 0.6) is 0 Å². The molecule has 0 saturated carbocycles. The van der Waals surface area contributed by atoms with Crippen molar-refractivity contribution < 1.29 is 0 Å². The van der Waals surface area contributed by atoms with Crippen LogP contribution < -0.4 is 0 Å². The lowest BCUT2D eigenvalue weighted by atomic mass is 10.4. The fourth-order valence-corrected chi connectivity index (χ4v) is 1.16. The lowest BCUT2D eigenvalue weighted by Gasteiger charge is -2.04. The second kappa shape index (κ2) is 2.86. The predicted octanol–water partition coefficient (Wildman–Crippen LogP) is 1.77.